The molecular weight excluding hydrogens is 420 g/mol. The van der Waals surface area contributed by atoms with Gasteiger partial charge in [0.1, 0.15) is 0 Å². The maximum absolute atomic E-state index is 11.2. The molecule has 0 amide bonds. The summed E-state index contributed by atoms with van der Waals surface area (Å²) in [5, 5.41) is 0. The van der Waals surface area contributed by atoms with Crippen molar-refractivity contribution >= 4 is 30.4 Å². The normalized spacial score (nSPS) is 16.8. The molecule has 0 fully saturated rings. The van der Waals surface area contributed by atoms with Crippen molar-refractivity contribution in [2.45, 2.75) is 65.2 Å². The average molecular weight is 453 g/mol. The minimum absolute atomic E-state index is 0.0213. The standard InChI is InChI=1S/C15H32O9S3/c1-3-14(8-5-6-11-25(16,17)18)15(4-2,10-13-27(22,23)24)9-7-12-26(19,20)21/h14H,3-13H2,1-2H3,(H,16,17,18)(H,19,20,21)(H,22,23,24). The van der Waals surface area contributed by atoms with Gasteiger partial charge in [-0.2, -0.15) is 25.3 Å². The third kappa shape index (κ3) is 12.7. The highest BCUT2D eigenvalue weighted by Gasteiger charge is 2.36. The van der Waals surface area contributed by atoms with Crippen LogP contribution < -0.4 is 0 Å². The fourth-order valence-electron chi connectivity index (χ4n) is 3.73. The first kappa shape index (κ1) is 26.7. The molecule has 0 aliphatic carbocycles. The summed E-state index contributed by atoms with van der Waals surface area (Å²) in [6, 6.07) is 0. The minimum Gasteiger partial charge on any atom is -0.286 e. The van der Waals surface area contributed by atoms with Gasteiger partial charge in [0.15, 0.2) is 0 Å². The SMILES string of the molecule is CCC(CCCCS(=O)(=O)O)C(CC)(CCCS(=O)(=O)O)CCS(=O)(=O)O. The van der Waals surface area contributed by atoms with Crippen molar-refractivity contribution in [2.24, 2.45) is 11.3 Å². The first-order valence-corrected chi connectivity index (χ1v) is 13.8. The van der Waals surface area contributed by atoms with Gasteiger partial charge in [-0.3, -0.25) is 13.7 Å². The van der Waals surface area contributed by atoms with Crippen LogP contribution in [0.4, 0.5) is 0 Å². The summed E-state index contributed by atoms with van der Waals surface area (Å²) in [5.41, 5.74) is -0.562. The second-order valence-electron chi connectivity index (χ2n) is 7.03. The third-order valence-corrected chi connectivity index (χ3v) is 7.53. The van der Waals surface area contributed by atoms with Crippen molar-refractivity contribution in [3.05, 3.63) is 0 Å². The van der Waals surface area contributed by atoms with E-state index < -0.39 is 47.3 Å². The van der Waals surface area contributed by atoms with E-state index in [0.29, 0.717) is 32.1 Å². The maximum Gasteiger partial charge on any atom is 0.264 e. The van der Waals surface area contributed by atoms with Gasteiger partial charge < -0.3 is 0 Å². The van der Waals surface area contributed by atoms with Crippen LogP contribution in [0.15, 0.2) is 0 Å². The van der Waals surface area contributed by atoms with Gasteiger partial charge in [-0.1, -0.05) is 33.1 Å². The Kier molecular flexibility index (Phi) is 10.9. The Hall–Kier alpha value is -0.270. The zero-order valence-electron chi connectivity index (χ0n) is 15.9. The monoisotopic (exact) mass is 452 g/mol. The molecule has 0 rings (SSSR count). The Morgan fingerprint density at radius 2 is 1.19 bits per heavy atom. The Labute approximate surface area is 163 Å². The van der Waals surface area contributed by atoms with E-state index in [-0.39, 0.29) is 30.9 Å². The molecule has 27 heavy (non-hydrogen) atoms. The molecule has 0 bridgehead atoms. The quantitative estimate of drug-likeness (QED) is 0.250. The fourth-order valence-corrected chi connectivity index (χ4v) is 5.48. The van der Waals surface area contributed by atoms with Gasteiger partial charge in [-0.15, -0.1) is 0 Å². The van der Waals surface area contributed by atoms with E-state index in [2.05, 4.69) is 0 Å². The Balaban J connectivity index is 5.26. The number of hydrogen-bond acceptors (Lipinski definition) is 6. The van der Waals surface area contributed by atoms with Crippen LogP contribution in [0.3, 0.4) is 0 Å². The molecule has 0 saturated heterocycles. The minimum atomic E-state index is -4.19. The topological polar surface area (TPSA) is 163 Å². The molecule has 0 aromatic carbocycles. The molecular formula is C15H32O9S3. The second kappa shape index (κ2) is 11.1. The highest BCUT2D eigenvalue weighted by Crippen LogP contribution is 2.44. The summed E-state index contributed by atoms with van der Waals surface area (Å²) < 4.78 is 93.0. The van der Waals surface area contributed by atoms with Crippen LogP contribution >= 0.6 is 0 Å². The molecule has 3 N–H and O–H groups in total. The molecule has 164 valence electrons. The predicted octanol–water partition coefficient (Wildman–Crippen LogP) is 2.41. The molecule has 0 heterocycles. The van der Waals surface area contributed by atoms with Crippen LogP contribution in [-0.4, -0.2) is 56.2 Å². The van der Waals surface area contributed by atoms with Crippen LogP contribution in [0.5, 0.6) is 0 Å². The van der Waals surface area contributed by atoms with E-state index in [9.17, 15) is 25.3 Å². The molecule has 0 aliphatic rings. The highest BCUT2D eigenvalue weighted by atomic mass is 32.2. The average Bonchev–Trinajstić information content (AvgIpc) is 2.48. The zero-order valence-corrected chi connectivity index (χ0v) is 18.3. The second-order valence-corrected chi connectivity index (χ2v) is 11.7. The fraction of sp³-hybridized carbons (Fsp3) is 1.00. The van der Waals surface area contributed by atoms with Crippen molar-refractivity contribution < 1.29 is 38.9 Å². The van der Waals surface area contributed by atoms with E-state index in [1.807, 2.05) is 13.8 Å². The molecule has 0 spiro atoms. The first-order chi connectivity index (χ1) is 12.1. The third-order valence-electron chi connectivity index (χ3n) is 5.20. The van der Waals surface area contributed by atoms with Crippen molar-refractivity contribution in [1.82, 2.24) is 0 Å². The molecule has 0 radical (unpaired) electrons. The van der Waals surface area contributed by atoms with E-state index in [4.69, 9.17) is 13.7 Å². The van der Waals surface area contributed by atoms with Crippen molar-refractivity contribution in [3.8, 4) is 0 Å². The van der Waals surface area contributed by atoms with E-state index in [1.54, 1.807) is 0 Å². The van der Waals surface area contributed by atoms with Crippen molar-refractivity contribution in [1.29, 1.82) is 0 Å². The number of hydrogen-bond donors (Lipinski definition) is 3. The molecule has 9 nitrogen and oxygen atoms in total. The smallest absolute Gasteiger partial charge is 0.264 e. The van der Waals surface area contributed by atoms with Crippen molar-refractivity contribution in [2.75, 3.05) is 17.3 Å². The Morgan fingerprint density at radius 3 is 1.59 bits per heavy atom. The lowest BCUT2D eigenvalue weighted by atomic mass is 9.66. The highest BCUT2D eigenvalue weighted by molar-refractivity contribution is 7.86. The molecule has 0 aromatic heterocycles. The van der Waals surface area contributed by atoms with E-state index in [0.717, 1.165) is 0 Å². The van der Waals surface area contributed by atoms with Crippen LogP contribution in [0.25, 0.3) is 0 Å². The molecule has 0 aromatic rings. The molecule has 0 saturated carbocycles. The van der Waals surface area contributed by atoms with Crippen LogP contribution in [0.2, 0.25) is 0 Å². The molecule has 12 heteroatoms. The van der Waals surface area contributed by atoms with E-state index >= 15 is 0 Å². The predicted molar refractivity (Wildman–Crippen MR) is 103 cm³/mol. The molecule has 2 atom stereocenters. The number of rotatable bonds is 15. The summed E-state index contributed by atoms with van der Waals surface area (Å²) in [5.74, 6) is -1.25. The maximum atomic E-state index is 11.2. The summed E-state index contributed by atoms with van der Waals surface area (Å²) in [7, 11) is -12.4. The van der Waals surface area contributed by atoms with Gasteiger partial charge in [-0.25, -0.2) is 0 Å². The van der Waals surface area contributed by atoms with Crippen LogP contribution in [-0.2, 0) is 30.4 Å². The lowest BCUT2D eigenvalue weighted by Gasteiger charge is -2.40. The number of unbranched alkanes of at least 4 members (excludes halogenated alkanes) is 1. The van der Waals surface area contributed by atoms with Gasteiger partial charge in [0.2, 0.25) is 0 Å². The lowest BCUT2D eigenvalue weighted by Crippen LogP contribution is -2.33. The van der Waals surface area contributed by atoms with Crippen LogP contribution in [0, 0.1) is 11.3 Å². The van der Waals surface area contributed by atoms with Crippen molar-refractivity contribution in [3.63, 3.8) is 0 Å². The Bertz CT molecular complexity index is 741. The summed E-state index contributed by atoms with van der Waals surface area (Å²) in [6.45, 7) is 3.77. The van der Waals surface area contributed by atoms with Gasteiger partial charge in [0.05, 0.1) is 17.3 Å². The van der Waals surface area contributed by atoms with Gasteiger partial charge in [-0.05, 0) is 43.4 Å². The molecule has 0 aliphatic heterocycles. The van der Waals surface area contributed by atoms with Gasteiger partial charge >= 0.3 is 0 Å². The van der Waals surface area contributed by atoms with Gasteiger partial charge in [0.25, 0.3) is 30.4 Å². The largest absolute Gasteiger partial charge is 0.286 e. The first-order valence-electron chi connectivity index (χ1n) is 8.99. The van der Waals surface area contributed by atoms with Gasteiger partial charge in [0, 0.05) is 0 Å². The summed E-state index contributed by atoms with van der Waals surface area (Å²) in [6.07, 6.45) is 3.21. The van der Waals surface area contributed by atoms with Crippen LogP contribution in [0.1, 0.15) is 65.2 Å². The summed E-state index contributed by atoms with van der Waals surface area (Å²) in [4.78, 5) is 0. The lowest BCUT2D eigenvalue weighted by molar-refractivity contribution is 0.111. The zero-order chi connectivity index (χ0) is 21.4. The Morgan fingerprint density at radius 1 is 0.704 bits per heavy atom. The van der Waals surface area contributed by atoms with E-state index in [1.165, 1.54) is 0 Å². The molecule has 2 unspecified atom stereocenters. The summed E-state index contributed by atoms with van der Waals surface area (Å²) >= 11 is 0.